The van der Waals surface area contributed by atoms with Crippen LogP contribution < -0.4 is 10.6 Å². The van der Waals surface area contributed by atoms with Crippen LogP contribution in [0.1, 0.15) is 60.3 Å². The molecule has 0 aromatic heterocycles. The van der Waals surface area contributed by atoms with Crippen LogP contribution in [0.3, 0.4) is 0 Å². The van der Waals surface area contributed by atoms with Gasteiger partial charge < -0.3 is 10.6 Å². The highest BCUT2D eigenvalue weighted by atomic mass is 16.2. The summed E-state index contributed by atoms with van der Waals surface area (Å²) in [5.74, 6) is 1.78. The Bertz CT molecular complexity index is 283. The fourth-order valence-electron chi connectivity index (χ4n) is 3.20. The van der Waals surface area contributed by atoms with Crippen molar-refractivity contribution in [2.24, 2.45) is 11.8 Å². The second kappa shape index (κ2) is 6.05. The molecule has 2 fully saturated rings. The fraction of sp³-hybridized carbons (Fsp3) is 0.933. The Balaban J connectivity index is 0.00000162. The third-order valence-electron chi connectivity index (χ3n) is 4.05. The number of amides is 1. The van der Waals surface area contributed by atoms with Gasteiger partial charge >= 0.3 is 0 Å². The number of hydrogen-bond donors (Lipinski definition) is 2. The molecule has 2 aliphatic rings. The molecule has 3 heteroatoms. The van der Waals surface area contributed by atoms with Crippen LogP contribution in [0.25, 0.3) is 0 Å². The predicted octanol–water partition coefficient (Wildman–Crippen LogP) is 2.71. The van der Waals surface area contributed by atoms with Crippen molar-refractivity contribution in [3.8, 4) is 0 Å². The summed E-state index contributed by atoms with van der Waals surface area (Å²) in [6.45, 7) is 7.15. The SMILES string of the molecule is C.CC(C)(C)NC(=O)[C@@H]1CC2CCCCC2CN1. The van der Waals surface area contributed by atoms with Gasteiger partial charge in [-0.05, 0) is 52.0 Å². The third kappa shape index (κ3) is 3.98. The van der Waals surface area contributed by atoms with Gasteiger partial charge in [0.15, 0.2) is 0 Å². The Morgan fingerprint density at radius 1 is 1.17 bits per heavy atom. The number of piperidine rings is 1. The summed E-state index contributed by atoms with van der Waals surface area (Å²) in [5.41, 5.74) is -0.123. The van der Waals surface area contributed by atoms with Crippen molar-refractivity contribution < 1.29 is 4.79 Å². The Labute approximate surface area is 112 Å². The van der Waals surface area contributed by atoms with Gasteiger partial charge in [-0.1, -0.05) is 26.7 Å². The number of nitrogens with one attached hydrogen (secondary N) is 2. The average molecular weight is 254 g/mol. The maximum absolute atomic E-state index is 12.1. The monoisotopic (exact) mass is 254 g/mol. The molecule has 1 saturated carbocycles. The first-order chi connectivity index (χ1) is 7.96. The Morgan fingerprint density at radius 3 is 2.39 bits per heavy atom. The summed E-state index contributed by atoms with van der Waals surface area (Å²) in [6, 6.07) is 0.0357. The van der Waals surface area contributed by atoms with E-state index in [2.05, 4.69) is 10.6 Å². The molecule has 1 aliphatic heterocycles. The lowest BCUT2D eigenvalue weighted by molar-refractivity contribution is -0.126. The highest BCUT2D eigenvalue weighted by Gasteiger charge is 2.35. The molecular formula is C15H30N2O. The highest BCUT2D eigenvalue weighted by molar-refractivity contribution is 5.82. The van der Waals surface area contributed by atoms with Crippen LogP contribution in [0.2, 0.25) is 0 Å². The normalized spacial score (nSPS) is 32.1. The van der Waals surface area contributed by atoms with Crippen molar-refractivity contribution in [1.82, 2.24) is 10.6 Å². The highest BCUT2D eigenvalue weighted by Crippen LogP contribution is 2.35. The van der Waals surface area contributed by atoms with E-state index in [0.29, 0.717) is 0 Å². The van der Waals surface area contributed by atoms with Crippen LogP contribution in [0, 0.1) is 11.8 Å². The summed E-state index contributed by atoms with van der Waals surface area (Å²) < 4.78 is 0. The minimum Gasteiger partial charge on any atom is -0.350 e. The third-order valence-corrected chi connectivity index (χ3v) is 4.05. The molecule has 1 aliphatic carbocycles. The van der Waals surface area contributed by atoms with E-state index in [1.54, 1.807) is 0 Å². The zero-order chi connectivity index (χ0) is 12.5. The van der Waals surface area contributed by atoms with Crippen LogP contribution in [0.4, 0.5) is 0 Å². The molecule has 1 amide bonds. The van der Waals surface area contributed by atoms with Gasteiger partial charge in [0.25, 0.3) is 0 Å². The molecule has 0 aromatic rings. The number of carbonyl (C=O) groups excluding carboxylic acids is 1. The van der Waals surface area contributed by atoms with E-state index in [1.165, 1.54) is 25.7 Å². The second-order valence-corrected chi connectivity index (χ2v) is 6.74. The van der Waals surface area contributed by atoms with Crippen LogP contribution in [-0.4, -0.2) is 24.0 Å². The molecule has 0 aromatic carbocycles. The molecule has 3 nitrogen and oxygen atoms in total. The quantitative estimate of drug-likeness (QED) is 0.755. The summed E-state index contributed by atoms with van der Waals surface area (Å²) in [5, 5.41) is 6.51. The minimum atomic E-state index is -0.123. The summed E-state index contributed by atoms with van der Waals surface area (Å²) in [6.07, 6.45) is 6.44. The molecule has 2 unspecified atom stereocenters. The van der Waals surface area contributed by atoms with Gasteiger partial charge in [-0.15, -0.1) is 0 Å². The number of rotatable bonds is 1. The van der Waals surface area contributed by atoms with Crippen LogP contribution in [0.15, 0.2) is 0 Å². The maximum Gasteiger partial charge on any atom is 0.237 e. The zero-order valence-corrected chi connectivity index (χ0v) is 11.4. The van der Waals surface area contributed by atoms with E-state index in [-0.39, 0.29) is 24.9 Å². The summed E-state index contributed by atoms with van der Waals surface area (Å²) in [4.78, 5) is 12.1. The molecule has 3 atom stereocenters. The van der Waals surface area contributed by atoms with Crippen molar-refractivity contribution in [1.29, 1.82) is 0 Å². The summed E-state index contributed by atoms with van der Waals surface area (Å²) in [7, 11) is 0. The standard InChI is InChI=1S/C14H26N2O.CH4/c1-14(2,3)16-13(17)12-8-10-6-4-5-7-11(10)9-15-12;/h10-12,15H,4-9H2,1-3H3,(H,16,17);1H4/t10?,11?,12-;/m0./s1. The topological polar surface area (TPSA) is 41.1 Å². The van der Waals surface area contributed by atoms with E-state index in [4.69, 9.17) is 0 Å². The van der Waals surface area contributed by atoms with E-state index in [9.17, 15) is 4.79 Å². The Kier molecular flexibility index (Phi) is 5.20. The first-order valence-electron chi connectivity index (χ1n) is 7.01. The van der Waals surface area contributed by atoms with Crippen molar-refractivity contribution in [2.45, 2.75) is 71.9 Å². The molecule has 18 heavy (non-hydrogen) atoms. The minimum absolute atomic E-state index is 0. The first kappa shape index (κ1) is 15.5. The molecule has 2 N–H and O–H groups in total. The van der Waals surface area contributed by atoms with Gasteiger partial charge in [0.1, 0.15) is 0 Å². The van der Waals surface area contributed by atoms with E-state index in [0.717, 1.165) is 24.8 Å². The fourth-order valence-corrected chi connectivity index (χ4v) is 3.20. The number of hydrogen-bond acceptors (Lipinski definition) is 2. The number of fused-ring (bicyclic) bond motifs is 1. The van der Waals surface area contributed by atoms with E-state index >= 15 is 0 Å². The van der Waals surface area contributed by atoms with Gasteiger partial charge in [0, 0.05) is 5.54 Å². The lowest BCUT2D eigenvalue weighted by Crippen LogP contribution is -2.55. The lowest BCUT2D eigenvalue weighted by Gasteiger charge is -2.40. The first-order valence-corrected chi connectivity index (χ1v) is 7.01. The number of carbonyl (C=O) groups is 1. The van der Waals surface area contributed by atoms with E-state index < -0.39 is 0 Å². The van der Waals surface area contributed by atoms with Gasteiger partial charge in [-0.2, -0.15) is 0 Å². The van der Waals surface area contributed by atoms with Crippen molar-refractivity contribution in [3.05, 3.63) is 0 Å². The van der Waals surface area contributed by atoms with Crippen molar-refractivity contribution in [2.75, 3.05) is 6.54 Å². The lowest BCUT2D eigenvalue weighted by atomic mass is 9.73. The van der Waals surface area contributed by atoms with E-state index in [1.807, 2.05) is 20.8 Å². The molecule has 2 rings (SSSR count). The Hall–Kier alpha value is -0.570. The zero-order valence-electron chi connectivity index (χ0n) is 11.4. The van der Waals surface area contributed by atoms with Crippen molar-refractivity contribution >= 4 is 5.91 Å². The predicted molar refractivity (Wildman–Crippen MR) is 76.5 cm³/mol. The molecule has 106 valence electrons. The van der Waals surface area contributed by atoms with Gasteiger partial charge in [-0.3, -0.25) is 4.79 Å². The van der Waals surface area contributed by atoms with Crippen LogP contribution in [0.5, 0.6) is 0 Å². The molecule has 1 heterocycles. The molecule has 0 radical (unpaired) electrons. The van der Waals surface area contributed by atoms with Crippen LogP contribution >= 0.6 is 0 Å². The van der Waals surface area contributed by atoms with Gasteiger partial charge in [0.05, 0.1) is 6.04 Å². The average Bonchev–Trinajstić information content (AvgIpc) is 2.26. The Morgan fingerprint density at radius 2 is 1.78 bits per heavy atom. The maximum atomic E-state index is 12.1. The molecule has 1 saturated heterocycles. The molecule has 0 spiro atoms. The second-order valence-electron chi connectivity index (χ2n) is 6.74. The van der Waals surface area contributed by atoms with Crippen molar-refractivity contribution in [3.63, 3.8) is 0 Å². The van der Waals surface area contributed by atoms with Gasteiger partial charge in [0.2, 0.25) is 5.91 Å². The molecule has 0 bridgehead atoms. The van der Waals surface area contributed by atoms with Gasteiger partial charge in [-0.25, -0.2) is 0 Å². The smallest absolute Gasteiger partial charge is 0.237 e. The summed E-state index contributed by atoms with van der Waals surface area (Å²) >= 11 is 0. The van der Waals surface area contributed by atoms with Crippen LogP contribution in [-0.2, 0) is 4.79 Å². The molecular weight excluding hydrogens is 224 g/mol. The largest absolute Gasteiger partial charge is 0.350 e.